The Bertz CT molecular complexity index is 1120. The molecule has 2 amide bonds. The average molecular weight is 466 g/mol. The predicted octanol–water partition coefficient (Wildman–Crippen LogP) is 3.68. The number of rotatable bonds is 8. The van der Waals surface area contributed by atoms with Crippen LogP contribution in [0, 0.1) is 0 Å². The lowest BCUT2D eigenvalue weighted by atomic mass is 10.1. The van der Waals surface area contributed by atoms with Gasteiger partial charge in [-0.15, -0.1) is 0 Å². The third-order valence-corrected chi connectivity index (χ3v) is 5.44. The summed E-state index contributed by atoms with van der Waals surface area (Å²) >= 11 is 0. The lowest BCUT2D eigenvalue weighted by molar-refractivity contribution is 0.0685. The fraction of sp³-hybridized carbons (Fsp3) is 0.333. The Morgan fingerprint density at radius 1 is 1.09 bits per heavy atom. The number of carboxylic acid groups (broad SMARTS) is 1. The minimum atomic E-state index is -1.10. The topological polar surface area (TPSA) is 127 Å². The molecule has 0 atom stereocenters. The van der Waals surface area contributed by atoms with Gasteiger partial charge in [-0.1, -0.05) is 0 Å². The highest BCUT2D eigenvalue weighted by molar-refractivity contribution is 5.92. The van der Waals surface area contributed by atoms with E-state index in [1.807, 2.05) is 6.07 Å². The molecule has 10 heteroatoms. The molecule has 0 radical (unpaired) electrons. The zero-order valence-corrected chi connectivity index (χ0v) is 18.8. The van der Waals surface area contributed by atoms with Crippen LogP contribution in [0.5, 0.6) is 11.6 Å². The van der Waals surface area contributed by atoms with Crippen LogP contribution in [0.1, 0.15) is 29.9 Å². The Labute approximate surface area is 196 Å². The molecule has 3 heterocycles. The van der Waals surface area contributed by atoms with Crippen molar-refractivity contribution in [2.75, 3.05) is 33.4 Å². The maximum Gasteiger partial charge on any atom is 0.404 e. The Balaban J connectivity index is 1.61. The fourth-order valence-electron chi connectivity index (χ4n) is 3.71. The number of oxazole rings is 1. The van der Waals surface area contributed by atoms with E-state index in [0.717, 1.165) is 19.3 Å². The van der Waals surface area contributed by atoms with Crippen LogP contribution in [-0.4, -0.2) is 65.3 Å². The summed E-state index contributed by atoms with van der Waals surface area (Å²) < 4.78 is 16.7. The van der Waals surface area contributed by atoms with Gasteiger partial charge in [-0.3, -0.25) is 4.79 Å². The van der Waals surface area contributed by atoms with E-state index in [1.165, 1.54) is 0 Å². The minimum Gasteiger partial charge on any atom is -0.492 e. The second-order valence-corrected chi connectivity index (χ2v) is 7.74. The second-order valence-electron chi connectivity index (χ2n) is 7.74. The number of hydrogen-bond donors (Lipinski definition) is 2. The SMILES string of the molecule is COc1ccc(-c2nc(C(=O)N3CCCCC3)oc2-c2ccc(OCCNC(=O)O)cc2)cn1. The van der Waals surface area contributed by atoms with Crippen LogP contribution >= 0.6 is 0 Å². The van der Waals surface area contributed by atoms with E-state index < -0.39 is 6.09 Å². The predicted molar refractivity (Wildman–Crippen MR) is 123 cm³/mol. The molecule has 1 aliphatic rings. The normalized spacial score (nSPS) is 13.4. The first-order valence-electron chi connectivity index (χ1n) is 11.1. The Kier molecular flexibility index (Phi) is 7.26. The number of nitrogens with zero attached hydrogens (tertiary/aromatic N) is 3. The lowest BCUT2D eigenvalue weighted by Crippen LogP contribution is -2.35. The first-order chi connectivity index (χ1) is 16.5. The molecule has 34 heavy (non-hydrogen) atoms. The Hall–Kier alpha value is -4.08. The van der Waals surface area contributed by atoms with Crippen molar-refractivity contribution in [3.63, 3.8) is 0 Å². The van der Waals surface area contributed by atoms with Crippen molar-refractivity contribution >= 4 is 12.0 Å². The number of pyridine rings is 1. The fourth-order valence-corrected chi connectivity index (χ4v) is 3.71. The summed E-state index contributed by atoms with van der Waals surface area (Å²) in [5, 5.41) is 10.9. The van der Waals surface area contributed by atoms with Gasteiger partial charge in [0.25, 0.3) is 5.89 Å². The molecule has 1 saturated heterocycles. The summed E-state index contributed by atoms with van der Waals surface area (Å²) in [4.78, 5) is 34.2. The van der Waals surface area contributed by atoms with E-state index in [9.17, 15) is 9.59 Å². The number of nitrogens with one attached hydrogen (secondary N) is 1. The molecule has 0 spiro atoms. The van der Waals surface area contributed by atoms with E-state index in [2.05, 4.69) is 15.3 Å². The van der Waals surface area contributed by atoms with Crippen molar-refractivity contribution in [1.29, 1.82) is 0 Å². The monoisotopic (exact) mass is 466 g/mol. The number of aromatic nitrogens is 2. The molecular formula is C24H26N4O6. The van der Waals surface area contributed by atoms with E-state index in [0.29, 0.717) is 47.3 Å². The van der Waals surface area contributed by atoms with Gasteiger partial charge < -0.3 is 29.2 Å². The van der Waals surface area contributed by atoms with Crippen LogP contribution in [0.15, 0.2) is 47.0 Å². The van der Waals surface area contributed by atoms with Gasteiger partial charge in [-0.25, -0.2) is 14.8 Å². The van der Waals surface area contributed by atoms with Crippen LogP contribution in [0.2, 0.25) is 0 Å². The van der Waals surface area contributed by atoms with Crippen molar-refractivity contribution in [2.45, 2.75) is 19.3 Å². The summed E-state index contributed by atoms with van der Waals surface area (Å²) in [5.74, 6) is 1.32. The lowest BCUT2D eigenvalue weighted by Gasteiger charge is -2.25. The third-order valence-electron chi connectivity index (χ3n) is 5.44. The number of benzene rings is 1. The van der Waals surface area contributed by atoms with E-state index in [1.54, 1.807) is 48.5 Å². The van der Waals surface area contributed by atoms with Gasteiger partial charge in [-0.05, 0) is 49.6 Å². The number of piperidine rings is 1. The van der Waals surface area contributed by atoms with Crippen LogP contribution in [-0.2, 0) is 0 Å². The van der Waals surface area contributed by atoms with Gasteiger partial charge in [0.2, 0.25) is 5.88 Å². The summed E-state index contributed by atoms with van der Waals surface area (Å²) in [6.45, 7) is 1.76. The standard InChI is InChI=1S/C24H26N4O6/c1-32-19-10-7-17(15-26-19)20-21(34-22(27-20)23(29)28-12-3-2-4-13-28)16-5-8-18(9-6-16)33-14-11-25-24(30)31/h5-10,15,25H,2-4,11-14H2,1H3,(H,30,31). The molecule has 0 saturated carbocycles. The summed E-state index contributed by atoms with van der Waals surface area (Å²) in [6.07, 6.45) is 3.59. The van der Waals surface area contributed by atoms with Crippen molar-refractivity contribution in [2.24, 2.45) is 0 Å². The minimum absolute atomic E-state index is 0.0442. The smallest absolute Gasteiger partial charge is 0.404 e. The molecule has 0 aliphatic carbocycles. The number of hydrogen-bond acceptors (Lipinski definition) is 7. The van der Waals surface area contributed by atoms with E-state index >= 15 is 0 Å². The molecule has 2 N–H and O–H groups in total. The van der Waals surface area contributed by atoms with Gasteiger partial charge in [0.1, 0.15) is 18.1 Å². The summed E-state index contributed by atoms with van der Waals surface area (Å²) in [5.41, 5.74) is 1.92. The van der Waals surface area contributed by atoms with Gasteiger partial charge in [-0.2, -0.15) is 0 Å². The Morgan fingerprint density at radius 3 is 2.47 bits per heavy atom. The first-order valence-corrected chi connectivity index (χ1v) is 11.1. The van der Waals surface area contributed by atoms with Crippen molar-refractivity contribution in [3.8, 4) is 34.2 Å². The van der Waals surface area contributed by atoms with Crippen molar-refractivity contribution in [3.05, 3.63) is 48.5 Å². The number of carbonyl (C=O) groups excluding carboxylic acids is 1. The van der Waals surface area contributed by atoms with Gasteiger partial charge in [0.15, 0.2) is 5.76 Å². The molecule has 10 nitrogen and oxygen atoms in total. The Morgan fingerprint density at radius 2 is 1.82 bits per heavy atom. The third kappa shape index (κ3) is 5.45. The maximum atomic E-state index is 13.0. The molecular weight excluding hydrogens is 440 g/mol. The van der Waals surface area contributed by atoms with Crippen molar-refractivity contribution in [1.82, 2.24) is 20.2 Å². The summed E-state index contributed by atoms with van der Waals surface area (Å²) in [7, 11) is 1.54. The number of likely N-dealkylation sites (tertiary alicyclic amines) is 1. The molecule has 178 valence electrons. The molecule has 4 rings (SSSR count). The van der Waals surface area contributed by atoms with E-state index in [-0.39, 0.29) is 24.9 Å². The highest BCUT2D eigenvalue weighted by atomic mass is 16.5. The first kappa shape index (κ1) is 23.1. The number of ether oxygens (including phenoxy) is 2. The number of methoxy groups -OCH3 is 1. The molecule has 0 bridgehead atoms. The molecule has 1 fully saturated rings. The van der Waals surface area contributed by atoms with Crippen LogP contribution in [0.25, 0.3) is 22.6 Å². The largest absolute Gasteiger partial charge is 0.492 e. The van der Waals surface area contributed by atoms with Crippen LogP contribution in [0.3, 0.4) is 0 Å². The van der Waals surface area contributed by atoms with Crippen molar-refractivity contribution < 1.29 is 28.6 Å². The quantitative estimate of drug-likeness (QED) is 0.481. The maximum absolute atomic E-state index is 13.0. The zero-order valence-electron chi connectivity index (χ0n) is 18.8. The van der Waals surface area contributed by atoms with Gasteiger partial charge in [0.05, 0.1) is 13.7 Å². The molecule has 0 unspecified atom stereocenters. The van der Waals surface area contributed by atoms with E-state index in [4.69, 9.17) is 19.0 Å². The average Bonchev–Trinajstić information content (AvgIpc) is 3.32. The second kappa shape index (κ2) is 10.7. The van der Waals surface area contributed by atoms with Crippen LogP contribution < -0.4 is 14.8 Å². The highest BCUT2D eigenvalue weighted by Crippen LogP contribution is 2.34. The highest BCUT2D eigenvalue weighted by Gasteiger charge is 2.26. The van der Waals surface area contributed by atoms with Gasteiger partial charge >= 0.3 is 12.0 Å². The summed E-state index contributed by atoms with van der Waals surface area (Å²) in [6, 6.07) is 10.6. The zero-order chi connectivity index (χ0) is 23.9. The molecule has 2 aromatic heterocycles. The molecule has 3 aromatic rings. The number of amides is 2. The number of carbonyl (C=O) groups is 2. The molecule has 1 aliphatic heterocycles. The van der Waals surface area contributed by atoms with Crippen LogP contribution in [0.4, 0.5) is 4.79 Å². The molecule has 1 aromatic carbocycles. The van der Waals surface area contributed by atoms with Gasteiger partial charge in [0, 0.05) is 36.5 Å².